The Bertz CT molecular complexity index is 519. The van der Waals surface area contributed by atoms with Crippen molar-refractivity contribution in [3.63, 3.8) is 0 Å². The van der Waals surface area contributed by atoms with E-state index < -0.39 is 0 Å². The summed E-state index contributed by atoms with van der Waals surface area (Å²) in [6.07, 6.45) is 1.55. The maximum atomic E-state index is 11.8. The van der Waals surface area contributed by atoms with Gasteiger partial charge in [0.1, 0.15) is 11.4 Å². The number of aromatic nitrogens is 2. The highest BCUT2D eigenvalue weighted by atomic mass is 16.3. The first-order valence-electron chi connectivity index (χ1n) is 4.75. The van der Waals surface area contributed by atoms with Gasteiger partial charge in [-0.05, 0) is 18.2 Å². The van der Waals surface area contributed by atoms with Crippen LogP contribution in [0.1, 0.15) is 10.5 Å². The molecule has 2 N–H and O–H groups in total. The van der Waals surface area contributed by atoms with Gasteiger partial charge in [-0.15, -0.1) is 0 Å². The molecule has 0 bridgehead atoms. The van der Waals surface area contributed by atoms with E-state index in [1.807, 2.05) is 0 Å². The highest BCUT2D eigenvalue weighted by Crippen LogP contribution is 2.16. The first-order valence-corrected chi connectivity index (χ1v) is 4.75. The van der Waals surface area contributed by atoms with Crippen LogP contribution in [-0.4, -0.2) is 20.8 Å². The van der Waals surface area contributed by atoms with E-state index in [4.69, 9.17) is 0 Å². The standard InChI is InChI=1S/C11H11N3O2/c1-14-10(5-6-12-14)11(16)13-8-3-2-4-9(15)7-8/h2-7,15H,1H3,(H,13,16). The second-order valence-electron chi connectivity index (χ2n) is 3.34. The third kappa shape index (κ3) is 2.03. The van der Waals surface area contributed by atoms with Crippen molar-refractivity contribution in [3.05, 3.63) is 42.2 Å². The number of benzene rings is 1. The molecular formula is C11H11N3O2. The number of phenols is 1. The zero-order valence-electron chi connectivity index (χ0n) is 8.71. The first kappa shape index (κ1) is 10.2. The molecular weight excluding hydrogens is 206 g/mol. The van der Waals surface area contributed by atoms with Crippen molar-refractivity contribution in [1.29, 1.82) is 0 Å². The monoisotopic (exact) mass is 217 g/mol. The fourth-order valence-electron chi connectivity index (χ4n) is 1.38. The fourth-order valence-corrected chi connectivity index (χ4v) is 1.38. The van der Waals surface area contributed by atoms with Crippen molar-refractivity contribution in [2.45, 2.75) is 0 Å². The number of carbonyl (C=O) groups is 1. The Morgan fingerprint density at radius 1 is 1.44 bits per heavy atom. The summed E-state index contributed by atoms with van der Waals surface area (Å²) in [6.45, 7) is 0. The minimum absolute atomic E-state index is 0.114. The lowest BCUT2D eigenvalue weighted by Gasteiger charge is -2.05. The zero-order chi connectivity index (χ0) is 11.5. The number of aromatic hydroxyl groups is 1. The van der Waals surface area contributed by atoms with Crippen molar-refractivity contribution in [1.82, 2.24) is 9.78 Å². The average Bonchev–Trinajstić information content (AvgIpc) is 2.64. The summed E-state index contributed by atoms with van der Waals surface area (Å²) in [7, 11) is 1.69. The van der Waals surface area contributed by atoms with Crippen LogP contribution in [0.5, 0.6) is 5.75 Å². The summed E-state index contributed by atoms with van der Waals surface area (Å²) in [5, 5.41) is 15.8. The number of nitrogens with zero attached hydrogens (tertiary/aromatic N) is 2. The van der Waals surface area contributed by atoms with Gasteiger partial charge in [0.15, 0.2) is 0 Å². The number of anilines is 1. The van der Waals surface area contributed by atoms with E-state index in [0.717, 1.165) is 0 Å². The number of hydrogen-bond acceptors (Lipinski definition) is 3. The molecule has 1 amide bonds. The molecule has 0 unspecified atom stereocenters. The average molecular weight is 217 g/mol. The molecule has 5 nitrogen and oxygen atoms in total. The Morgan fingerprint density at radius 2 is 2.25 bits per heavy atom. The Hall–Kier alpha value is -2.30. The van der Waals surface area contributed by atoms with E-state index in [0.29, 0.717) is 11.4 Å². The lowest BCUT2D eigenvalue weighted by atomic mass is 10.3. The van der Waals surface area contributed by atoms with Gasteiger partial charge in [0.05, 0.1) is 0 Å². The van der Waals surface area contributed by atoms with Gasteiger partial charge in [-0.3, -0.25) is 9.48 Å². The molecule has 16 heavy (non-hydrogen) atoms. The summed E-state index contributed by atoms with van der Waals surface area (Å²) in [5.74, 6) is -0.145. The highest BCUT2D eigenvalue weighted by Gasteiger charge is 2.09. The summed E-state index contributed by atoms with van der Waals surface area (Å²) < 4.78 is 1.48. The smallest absolute Gasteiger partial charge is 0.273 e. The maximum Gasteiger partial charge on any atom is 0.273 e. The van der Waals surface area contributed by atoms with Crippen LogP contribution >= 0.6 is 0 Å². The summed E-state index contributed by atoms with van der Waals surface area (Å²) in [5.41, 5.74) is 1.01. The van der Waals surface area contributed by atoms with Crippen LogP contribution in [0.2, 0.25) is 0 Å². The molecule has 1 aromatic heterocycles. The second kappa shape index (κ2) is 4.06. The van der Waals surface area contributed by atoms with Crippen LogP contribution in [-0.2, 0) is 7.05 Å². The summed E-state index contributed by atoms with van der Waals surface area (Å²) in [6, 6.07) is 8.01. The van der Waals surface area contributed by atoms with E-state index in [9.17, 15) is 9.90 Å². The van der Waals surface area contributed by atoms with Gasteiger partial charge in [0, 0.05) is 25.0 Å². The van der Waals surface area contributed by atoms with Crippen molar-refractivity contribution in [2.24, 2.45) is 7.05 Å². The van der Waals surface area contributed by atoms with Crippen LogP contribution in [0.25, 0.3) is 0 Å². The molecule has 82 valence electrons. The van der Waals surface area contributed by atoms with E-state index in [1.165, 1.54) is 10.7 Å². The molecule has 1 aromatic carbocycles. The Morgan fingerprint density at radius 3 is 2.88 bits per heavy atom. The van der Waals surface area contributed by atoms with Gasteiger partial charge in [-0.1, -0.05) is 6.07 Å². The van der Waals surface area contributed by atoms with Crippen molar-refractivity contribution in [3.8, 4) is 5.75 Å². The SMILES string of the molecule is Cn1nccc1C(=O)Nc1cccc(O)c1. The Kier molecular flexibility index (Phi) is 2.59. The van der Waals surface area contributed by atoms with Crippen LogP contribution < -0.4 is 5.32 Å². The van der Waals surface area contributed by atoms with E-state index in [1.54, 1.807) is 37.5 Å². The molecule has 0 aliphatic carbocycles. The number of amides is 1. The molecule has 2 rings (SSSR count). The number of carbonyl (C=O) groups excluding carboxylic acids is 1. The molecule has 0 fully saturated rings. The van der Waals surface area contributed by atoms with Crippen molar-refractivity contribution in [2.75, 3.05) is 5.32 Å². The number of rotatable bonds is 2. The summed E-state index contributed by atoms with van der Waals surface area (Å²) >= 11 is 0. The first-order chi connectivity index (χ1) is 7.66. The van der Waals surface area contributed by atoms with Gasteiger partial charge in [-0.25, -0.2) is 0 Å². The maximum absolute atomic E-state index is 11.8. The van der Waals surface area contributed by atoms with E-state index in [-0.39, 0.29) is 11.7 Å². The number of aryl methyl sites for hydroxylation is 1. The highest BCUT2D eigenvalue weighted by molar-refractivity contribution is 6.03. The number of nitrogens with one attached hydrogen (secondary N) is 1. The molecule has 1 heterocycles. The molecule has 0 radical (unpaired) electrons. The molecule has 0 atom stereocenters. The van der Waals surface area contributed by atoms with Gasteiger partial charge < -0.3 is 10.4 Å². The van der Waals surface area contributed by atoms with Gasteiger partial charge in [0.2, 0.25) is 0 Å². The molecule has 5 heteroatoms. The molecule has 0 aliphatic rings. The number of hydrogen-bond donors (Lipinski definition) is 2. The Balaban J connectivity index is 2.17. The third-order valence-electron chi connectivity index (χ3n) is 2.16. The quantitative estimate of drug-likeness (QED) is 0.798. The van der Waals surface area contributed by atoms with Crippen molar-refractivity contribution < 1.29 is 9.90 Å². The largest absolute Gasteiger partial charge is 0.508 e. The van der Waals surface area contributed by atoms with Crippen LogP contribution in [0, 0.1) is 0 Å². The Labute approximate surface area is 92.3 Å². The van der Waals surface area contributed by atoms with Crippen LogP contribution in [0.15, 0.2) is 36.5 Å². The van der Waals surface area contributed by atoms with Gasteiger partial charge in [0.25, 0.3) is 5.91 Å². The molecule has 0 saturated heterocycles. The normalized spacial score (nSPS) is 10.1. The van der Waals surface area contributed by atoms with E-state index in [2.05, 4.69) is 10.4 Å². The van der Waals surface area contributed by atoms with Gasteiger partial charge >= 0.3 is 0 Å². The molecule has 0 saturated carbocycles. The fraction of sp³-hybridized carbons (Fsp3) is 0.0909. The summed E-state index contributed by atoms with van der Waals surface area (Å²) in [4.78, 5) is 11.8. The lowest BCUT2D eigenvalue weighted by molar-refractivity contribution is 0.101. The molecule has 0 spiro atoms. The minimum Gasteiger partial charge on any atom is -0.508 e. The predicted octanol–water partition coefficient (Wildman–Crippen LogP) is 1.38. The lowest BCUT2D eigenvalue weighted by Crippen LogP contribution is -2.15. The van der Waals surface area contributed by atoms with Crippen molar-refractivity contribution >= 4 is 11.6 Å². The molecule has 2 aromatic rings. The third-order valence-corrected chi connectivity index (χ3v) is 2.16. The van der Waals surface area contributed by atoms with E-state index >= 15 is 0 Å². The zero-order valence-corrected chi connectivity index (χ0v) is 8.71. The van der Waals surface area contributed by atoms with Gasteiger partial charge in [-0.2, -0.15) is 5.10 Å². The second-order valence-corrected chi connectivity index (χ2v) is 3.34. The van der Waals surface area contributed by atoms with Crippen LogP contribution in [0.4, 0.5) is 5.69 Å². The number of phenolic OH excluding ortho intramolecular Hbond substituents is 1. The topological polar surface area (TPSA) is 67.2 Å². The van der Waals surface area contributed by atoms with Crippen LogP contribution in [0.3, 0.4) is 0 Å². The molecule has 0 aliphatic heterocycles. The predicted molar refractivity (Wildman–Crippen MR) is 59.3 cm³/mol. The minimum atomic E-state index is -0.259.